The lowest BCUT2D eigenvalue weighted by Gasteiger charge is -2.29. The quantitative estimate of drug-likeness (QED) is 0.476. The second-order valence-corrected chi connectivity index (χ2v) is 6.00. The van der Waals surface area contributed by atoms with Crippen molar-refractivity contribution in [1.82, 2.24) is 9.03 Å². The van der Waals surface area contributed by atoms with Crippen LogP contribution in [0.15, 0.2) is 0 Å². The summed E-state index contributed by atoms with van der Waals surface area (Å²) in [5, 5.41) is 17.3. The fourth-order valence-electron chi connectivity index (χ4n) is 1.84. The number of piperidine rings is 1. The smallest absolute Gasteiger partial charge is 0.306 e. The molecule has 112 valence electrons. The van der Waals surface area contributed by atoms with Crippen LogP contribution in [0.3, 0.4) is 0 Å². The first-order valence-corrected chi connectivity index (χ1v) is 7.57. The molecule has 1 aliphatic rings. The maximum Gasteiger partial charge on any atom is 0.306 e. The average molecular weight is 296 g/mol. The third-order valence-electron chi connectivity index (χ3n) is 2.91. The zero-order valence-electron chi connectivity index (χ0n) is 10.6. The van der Waals surface area contributed by atoms with Crippen LogP contribution in [0.4, 0.5) is 0 Å². The molecule has 1 heterocycles. The van der Waals surface area contributed by atoms with Crippen molar-refractivity contribution in [2.75, 3.05) is 39.5 Å². The highest BCUT2D eigenvalue weighted by Gasteiger charge is 2.30. The van der Waals surface area contributed by atoms with Gasteiger partial charge in [-0.25, -0.2) is 0 Å². The van der Waals surface area contributed by atoms with E-state index in [2.05, 4.69) is 4.72 Å². The molecule has 0 bridgehead atoms. The monoisotopic (exact) mass is 296 g/mol. The number of aliphatic hydroxyl groups excluding tert-OH is 1. The maximum absolute atomic E-state index is 11.9. The lowest BCUT2D eigenvalue weighted by atomic mass is 9.99. The normalized spacial score (nSPS) is 18.6. The Balaban J connectivity index is 2.32. The Morgan fingerprint density at radius 1 is 1.32 bits per heavy atom. The van der Waals surface area contributed by atoms with E-state index in [-0.39, 0.29) is 39.5 Å². The summed E-state index contributed by atoms with van der Waals surface area (Å²) in [5.41, 5.74) is 0. The van der Waals surface area contributed by atoms with Crippen molar-refractivity contribution in [3.05, 3.63) is 0 Å². The number of carboxylic acids is 1. The zero-order valence-corrected chi connectivity index (χ0v) is 11.4. The summed E-state index contributed by atoms with van der Waals surface area (Å²) in [7, 11) is -3.57. The number of aliphatic hydroxyl groups is 1. The Bertz CT molecular complexity index is 377. The van der Waals surface area contributed by atoms with Gasteiger partial charge in [-0.2, -0.15) is 17.4 Å². The van der Waals surface area contributed by atoms with Crippen LogP contribution in [0.25, 0.3) is 0 Å². The largest absolute Gasteiger partial charge is 0.481 e. The van der Waals surface area contributed by atoms with Gasteiger partial charge in [0.25, 0.3) is 10.2 Å². The molecule has 0 saturated carbocycles. The number of carbonyl (C=O) groups is 1. The lowest BCUT2D eigenvalue weighted by molar-refractivity contribution is -0.142. The first kappa shape index (κ1) is 16.3. The summed E-state index contributed by atoms with van der Waals surface area (Å²) in [6.45, 7) is 0.807. The van der Waals surface area contributed by atoms with Crippen molar-refractivity contribution < 1.29 is 28.2 Å². The van der Waals surface area contributed by atoms with Crippen LogP contribution in [-0.2, 0) is 19.7 Å². The molecule has 0 aliphatic carbocycles. The van der Waals surface area contributed by atoms with E-state index in [1.807, 2.05) is 0 Å². The summed E-state index contributed by atoms with van der Waals surface area (Å²) in [4.78, 5) is 10.8. The molecule has 0 spiro atoms. The summed E-state index contributed by atoms with van der Waals surface area (Å²) >= 11 is 0. The molecular formula is C10H20N2O6S. The number of aliphatic carboxylic acids is 1. The molecular weight excluding hydrogens is 276 g/mol. The van der Waals surface area contributed by atoms with Gasteiger partial charge in [0.2, 0.25) is 0 Å². The van der Waals surface area contributed by atoms with Crippen LogP contribution in [0.5, 0.6) is 0 Å². The Morgan fingerprint density at radius 2 is 1.95 bits per heavy atom. The first-order chi connectivity index (χ1) is 8.97. The van der Waals surface area contributed by atoms with E-state index < -0.39 is 22.1 Å². The van der Waals surface area contributed by atoms with Crippen LogP contribution >= 0.6 is 0 Å². The molecule has 0 radical (unpaired) electrons. The van der Waals surface area contributed by atoms with Gasteiger partial charge in [-0.3, -0.25) is 4.79 Å². The van der Waals surface area contributed by atoms with Gasteiger partial charge in [-0.1, -0.05) is 0 Å². The van der Waals surface area contributed by atoms with Crippen molar-refractivity contribution in [2.45, 2.75) is 12.8 Å². The van der Waals surface area contributed by atoms with Crippen molar-refractivity contribution in [3.63, 3.8) is 0 Å². The minimum atomic E-state index is -3.57. The van der Waals surface area contributed by atoms with E-state index in [1.54, 1.807) is 0 Å². The fraction of sp³-hybridized carbons (Fsp3) is 0.900. The second-order valence-electron chi connectivity index (χ2n) is 4.25. The minimum absolute atomic E-state index is 0.102. The van der Waals surface area contributed by atoms with E-state index in [1.165, 1.54) is 4.31 Å². The lowest BCUT2D eigenvalue weighted by Crippen LogP contribution is -2.46. The Labute approximate surface area is 112 Å². The molecule has 0 aromatic carbocycles. The van der Waals surface area contributed by atoms with E-state index in [4.69, 9.17) is 14.9 Å². The van der Waals surface area contributed by atoms with E-state index in [0.29, 0.717) is 12.8 Å². The van der Waals surface area contributed by atoms with Crippen molar-refractivity contribution in [3.8, 4) is 0 Å². The molecule has 1 aliphatic heterocycles. The van der Waals surface area contributed by atoms with Gasteiger partial charge in [-0.15, -0.1) is 0 Å². The fourth-order valence-corrected chi connectivity index (χ4v) is 3.06. The third kappa shape index (κ3) is 5.41. The van der Waals surface area contributed by atoms with Crippen molar-refractivity contribution in [1.29, 1.82) is 0 Å². The maximum atomic E-state index is 11.9. The summed E-state index contributed by atoms with van der Waals surface area (Å²) in [5.74, 6) is -1.33. The highest BCUT2D eigenvalue weighted by molar-refractivity contribution is 7.87. The van der Waals surface area contributed by atoms with Crippen molar-refractivity contribution in [2.24, 2.45) is 5.92 Å². The molecule has 9 heteroatoms. The summed E-state index contributed by atoms with van der Waals surface area (Å²) in [6.07, 6.45) is 0.661. The van der Waals surface area contributed by atoms with Gasteiger partial charge < -0.3 is 14.9 Å². The molecule has 1 rings (SSSR count). The molecule has 1 fully saturated rings. The summed E-state index contributed by atoms with van der Waals surface area (Å²) in [6, 6.07) is 0. The van der Waals surface area contributed by atoms with Gasteiger partial charge in [0.05, 0.1) is 25.7 Å². The van der Waals surface area contributed by atoms with Gasteiger partial charge >= 0.3 is 5.97 Å². The molecule has 1 saturated heterocycles. The number of ether oxygens (including phenoxy) is 1. The number of carboxylic acid groups (broad SMARTS) is 1. The van der Waals surface area contributed by atoms with E-state index in [0.717, 1.165) is 0 Å². The van der Waals surface area contributed by atoms with Gasteiger partial charge in [0.1, 0.15) is 0 Å². The summed E-state index contributed by atoms with van der Waals surface area (Å²) < 4.78 is 32.3. The number of rotatable bonds is 8. The number of hydrogen-bond donors (Lipinski definition) is 3. The first-order valence-electron chi connectivity index (χ1n) is 6.13. The molecule has 3 N–H and O–H groups in total. The van der Waals surface area contributed by atoms with Gasteiger partial charge in [0, 0.05) is 19.6 Å². The Hall–Kier alpha value is -0.740. The topological polar surface area (TPSA) is 116 Å². The molecule has 0 amide bonds. The van der Waals surface area contributed by atoms with Crippen LogP contribution in [0.2, 0.25) is 0 Å². The highest BCUT2D eigenvalue weighted by atomic mass is 32.2. The Morgan fingerprint density at radius 3 is 2.47 bits per heavy atom. The molecule has 8 nitrogen and oxygen atoms in total. The van der Waals surface area contributed by atoms with E-state index in [9.17, 15) is 13.2 Å². The van der Waals surface area contributed by atoms with Crippen LogP contribution in [-0.4, -0.2) is 68.4 Å². The minimum Gasteiger partial charge on any atom is -0.481 e. The molecule has 0 unspecified atom stereocenters. The molecule has 0 aromatic rings. The molecule has 0 atom stereocenters. The Kier molecular flexibility index (Phi) is 6.66. The van der Waals surface area contributed by atoms with Gasteiger partial charge in [0.15, 0.2) is 0 Å². The van der Waals surface area contributed by atoms with Gasteiger partial charge in [-0.05, 0) is 12.8 Å². The number of nitrogens with zero attached hydrogens (tertiary/aromatic N) is 1. The third-order valence-corrected chi connectivity index (χ3v) is 4.52. The number of hydrogen-bond acceptors (Lipinski definition) is 5. The highest BCUT2D eigenvalue weighted by Crippen LogP contribution is 2.18. The van der Waals surface area contributed by atoms with E-state index >= 15 is 0 Å². The average Bonchev–Trinajstić information content (AvgIpc) is 2.38. The SMILES string of the molecule is O=C(O)C1CCN(S(=O)(=O)NCCOCCO)CC1. The van der Waals surface area contributed by atoms with Crippen LogP contribution in [0, 0.1) is 5.92 Å². The second kappa shape index (κ2) is 7.75. The molecule has 0 aromatic heterocycles. The van der Waals surface area contributed by atoms with Crippen LogP contribution in [0.1, 0.15) is 12.8 Å². The predicted molar refractivity (Wildman–Crippen MR) is 66.8 cm³/mol. The zero-order chi connectivity index (χ0) is 14.3. The van der Waals surface area contributed by atoms with Crippen LogP contribution < -0.4 is 4.72 Å². The van der Waals surface area contributed by atoms with Crippen molar-refractivity contribution >= 4 is 16.2 Å². The predicted octanol–water partition coefficient (Wildman–Crippen LogP) is -1.37. The molecule has 19 heavy (non-hydrogen) atoms. The standard InChI is InChI=1S/C10H20N2O6S/c13-6-8-18-7-3-11-19(16,17)12-4-1-9(2-5-12)10(14)15/h9,11,13H,1-8H2,(H,14,15). The number of nitrogens with one attached hydrogen (secondary N) is 1.